The minimum absolute atomic E-state index is 0.0511. The standard InChI is InChI=1S/C9H11ClO3S2/c1-3-14(11)8-5-4-7(10)6-9(8)15(2,12)13/h4-6H,3H2,1-2H3. The van der Waals surface area contributed by atoms with Gasteiger partial charge in [0.15, 0.2) is 9.84 Å². The summed E-state index contributed by atoms with van der Waals surface area (Å²) < 4.78 is 34.5. The van der Waals surface area contributed by atoms with Crippen molar-refractivity contribution in [1.82, 2.24) is 0 Å². The Labute approximate surface area is 96.8 Å². The Morgan fingerprint density at radius 3 is 2.47 bits per heavy atom. The van der Waals surface area contributed by atoms with Crippen LogP contribution in [0.1, 0.15) is 6.92 Å². The summed E-state index contributed by atoms with van der Waals surface area (Å²) in [5, 5.41) is 0.326. The molecule has 0 aromatic heterocycles. The van der Waals surface area contributed by atoms with Crippen LogP contribution in [0.2, 0.25) is 5.02 Å². The highest BCUT2D eigenvalue weighted by Crippen LogP contribution is 2.23. The van der Waals surface area contributed by atoms with E-state index in [0.717, 1.165) is 6.26 Å². The van der Waals surface area contributed by atoms with Gasteiger partial charge in [-0.05, 0) is 18.2 Å². The summed E-state index contributed by atoms with van der Waals surface area (Å²) in [6, 6.07) is 4.37. The zero-order chi connectivity index (χ0) is 11.6. The predicted molar refractivity (Wildman–Crippen MR) is 61.5 cm³/mol. The summed E-state index contributed by atoms with van der Waals surface area (Å²) >= 11 is 5.71. The first kappa shape index (κ1) is 12.7. The lowest BCUT2D eigenvalue weighted by atomic mass is 10.4. The number of hydrogen-bond acceptors (Lipinski definition) is 3. The SMILES string of the molecule is CCS(=O)c1ccc(Cl)cc1S(C)(=O)=O. The summed E-state index contributed by atoms with van der Waals surface area (Å²) in [4.78, 5) is 0.375. The van der Waals surface area contributed by atoms with Gasteiger partial charge < -0.3 is 0 Å². The molecular weight excluding hydrogens is 256 g/mol. The lowest BCUT2D eigenvalue weighted by Gasteiger charge is -2.06. The van der Waals surface area contributed by atoms with Crippen molar-refractivity contribution in [3.05, 3.63) is 23.2 Å². The maximum atomic E-state index is 11.6. The van der Waals surface area contributed by atoms with Gasteiger partial charge >= 0.3 is 0 Å². The lowest BCUT2D eigenvalue weighted by molar-refractivity contribution is 0.599. The molecule has 0 N–H and O–H groups in total. The first-order chi connectivity index (χ1) is 6.86. The van der Waals surface area contributed by atoms with Crippen LogP contribution in [0.4, 0.5) is 0 Å². The van der Waals surface area contributed by atoms with Gasteiger partial charge in [0.05, 0.1) is 20.6 Å². The number of hydrogen-bond donors (Lipinski definition) is 0. The molecule has 1 aromatic rings. The first-order valence-corrected chi connectivity index (χ1v) is 7.83. The highest BCUT2D eigenvalue weighted by Gasteiger charge is 2.17. The zero-order valence-electron chi connectivity index (χ0n) is 8.36. The van der Waals surface area contributed by atoms with Crippen LogP contribution in [0, 0.1) is 0 Å². The number of sulfone groups is 1. The van der Waals surface area contributed by atoms with E-state index in [0.29, 0.717) is 15.7 Å². The Morgan fingerprint density at radius 2 is 2.00 bits per heavy atom. The molecule has 0 spiro atoms. The Balaban J connectivity index is 3.47. The Bertz CT molecular complexity index is 494. The maximum Gasteiger partial charge on any atom is 0.176 e. The van der Waals surface area contributed by atoms with Crippen molar-refractivity contribution in [2.45, 2.75) is 16.7 Å². The van der Waals surface area contributed by atoms with Gasteiger partial charge in [-0.25, -0.2) is 8.42 Å². The van der Waals surface area contributed by atoms with E-state index in [9.17, 15) is 12.6 Å². The molecule has 0 fully saturated rings. The molecule has 0 amide bonds. The molecule has 3 nitrogen and oxygen atoms in total. The fourth-order valence-corrected chi connectivity index (χ4v) is 3.67. The Morgan fingerprint density at radius 1 is 1.40 bits per heavy atom. The molecule has 84 valence electrons. The summed E-state index contributed by atoms with van der Waals surface area (Å²) in [5.41, 5.74) is 0. The molecule has 1 aromatic carbocycles. The van der Waals surface area contributed by atoms with Crippen LogP contribution in [-0.2, 0) is 20.6 Å². The van der Waals surface area contributed by atoms with Gasteiger partial charge in [-0.2, -0.15) is 0 Å². The van der Waals surface area contributed by atoms with Crippen LogP contribution in [0.15, 0.2) is 28.0 Å². The van der Waals surface area contributed by atoms with E-state index in [1.54, 1.807) is 13.0 Å². The van der Waals surface area contributed by atoms with Crippen molar-refractivity contribution in [3.63, 3.8) is 0 Å². The molecular formula is C9H11ClO3S2. The molecule has 0 aliphatic carbocycles. The van der Waals surface area contributed by atoms with Crippen LogP contribution >= 0.6 is 11.6 Å². The monoisotopic (exact) mass is 266 g/mol. The van der Waals surface area contributed by atoms with Crippen molar-refractivity contribution >= 4 is 32.2 Å². The topological polar surface area (TPSA) is 51.2 Å². The summed E-state index contributed by atoms with van der Waals surface area (Å²) in [6.07, 6.45) is 1.08. The van der Waals surface area contributed by atoms with E-state index >= 15 is 0 Å². The highest BCUT2D eigenvalue weighted by molar-refractivity contribution is 7.92. The van der Waals surface area contributed by atoms with Crippen molar-refractivity contribution in [1.29, 1.82) is 0 Å². The molecule has 1 unspecified atom stereocenters. The molecule has 0 aliphatic heterocycles. The van der Waals surface area contributed by atoms with Gasteiger partial charge in [-0.3, -0.25) is 4.21 Å². The van der Waals surface area contributed by atoms with E-state index < -0.39 is 20.6 Å². The third-order valence-corrected chi connectivity index (χ3v) is 4.68. The molecule has 0 radical (unpaired) electrons. The van der Waals surface area contributed by atoms with Crippen molar-refractivity contribution < 1.29 is 12.6 Å². The quantitative estimate of drug-likeness (QED) is 0.839. The summed E-state index contributed by atoms with van der Waals surface area (Å²) in [7, 11) is -4.68. The van der Waals surface area contributed by atoms with E-state index in [1.807, 2.05) is 0 Å². The van der Waals surface area contributed by atoms with Crippen LogP contribution in [0.5, 0.6) is 0 Å². The van der Waals surface area contributed by atoms with Gasteiger partial charge in [-0.1, -0.05) is 18.5 Å². The minimum Gasteiger partial charge on any atom is -0.254 e. The number of rotatable bonds is 3. The molecule has 0 heterocycles. The first-order valence-electron chi connectivity index (χ1n) is 4.24. The van der Waals surface area contributed by atoms with E-state index in [-0.39, 0.29) is 4.90 Å². The van der Waals surface area contributed by atoms with Gasteiger partial charge in [0, 0.05) is 17.0 Å². The second-order valence-electron chi connectivity index (χ2n) is 3.00. The Hall–Kier alpha value is -0.390. The fraction of sp³-hybridized carbons (Fsp3) is 0.333. The largest absolute Gasteiger partial charge is 0.254 e. The average molecular weight is 267 g/mol. The zero-order valence-corrected chi connectivity index (χ0v) is 10.7. The second-order valence-corrected chi connectivity index (χ2v) is 7.13. The highest BCUT2D eigenvalue weighted by atomic mass is 35.5. The molecule has 0 aliphatic rings. The van der Waals surface area contributed by atoms with Gasteiger partial charge in [-0.15, -0.1) is 0 Å². The van der Waals surface area contributed by atoms with Crippen LogP contribution in [-0.4, -0.2) is 24.6 Å². The second kappa shape index (κ2) is 4.63. The van der Waals surface area contributed by atoms with Crippen LogP contribution in [0.3, 0.4) is 0 Å². The lowest BCUT2D eigenvalue weighted by Crippen LogP contribution is -2.05. The Kier molecular flexibility index (Phi) is 3.92. The third-order valence-electron chi connectivity index (χ3n) is 1.81. The molecule has 1 atom stereocenters. The fourth-order valence-electron chi connectivity index (χ4n) is 1.12. The molecule has 1 rings (SSSR count). The number of benzene rings is 1. The molecule has 0 bridgehead atoms. The smallest absolute Gasteiger partial charge is 0.176 e. The summed E-state index contributed by atoms with van der Waals surface area (Å²) in [5.74, 6) is 0.379. The third kappa shape index (κ3) is 3.03. The maximum absolute atomic E-state index is 11.6. The van der Waals surface area contributed by atoms with E-state index in [1.165, 1.54) is 12.1 Å². The number of halogens is 1. The van der Waals surface area contributed by atoms with Gasteiger partial charge in [0.1, 0.15) is 0 Å². The van der Waals surface area contributed by atoms with Crippen LogP contribution < -0.4 is 0 Å². The predicted octanol–water partition coefficient (Wildman–Crippen LogP) is 1.87. The molecule has 0 saturated carbocycles. The van der Waals surface area contributed by atoms with Crippen molar-refractivity contribution in [3.8, 4) is 0 Å². The summed E-state index contributed by atoms with van der Waals surface area (Å²) in [6.45, 7) is 1.73. The van der Waals surface area contributed by atoms with Gasteiger partial charge in [0.25, 0.3) is 0 Å². The minimum atomic E-state index is -3.39. The molecule has 6 heteroatoms. The van der Waals surface area contributed by atoms with Crippen LogP contribution in [0.25, 0.3) is 0 Å². The molecule has 0 saturated heterocycles. The average Bonchev–Trinajstić information content (AvgIpc) is 2.15. The normalized spacial score (nSPS) is 13.8. The molecule has 15 heavy (non-hydrogen) atoms. The van der Waals surface area contributed by atoms with E-state index in [2.05, 4.69) is 0 Å². The van der Waals surface area contributed by atoms with Gasteiger partial charge in [0.2, 0.25) is 0 Å². The van der Waals surface area contributed by atoms with Crippen molar-refractivity contribution in [2.75, 3.05) is 12.0 Å². The van der Waals surface area contributed by atoms with E-state index in [4.69, 9.17) is 11.6 Å². The van der Waals surface area contributed by atoms with Crippen molar-refractivity contribution in [2.24, 2.45) is 0 Å².